The van der Waals surface area contributed by atoms with Gasteiger partial charge in [-0.1, -0.05) is 6.08 Å². The van der Waals surface area contributed by atoms with Gasteiger partial charge in [0, 0.05) is 30.0 Å². The molecule has 1 unspecified atom stereocenters. The van der Waals surface area contributed by atoms with E-state index in [1.807, 2.05) is 38.1 Å². The average Bonchev–Trinajstić information content (AvgIpc) is 2.79. The summed E-state index contributed by atoms with van der Waals surface area (Å²) in [5, 5.41) is 1.03. The highest BCUT2D eigenvalue weighted by atomic mass is 16.2. The van der Waals surface area contributed by atoms with Crippen LogP contribution in [0.5, 0.6) is 0 Å². The number of hydrogen-bond acceptors (Lipinski definition) is 3. The number of anilines is 1. The van der Waals surface area contributed by atoms with E-state index in [2.05, 4.69) is 16.5 Å². The Kier molecular flexibility index (Phi) is 3.01. The van der Waals surface area contributed by atoms with Crippen molar-refractivity contribution in [3.8, 4) is 0 Å². The Labute approximate surface area is 118 Å². The summed E-state index contributed by atoms with van der Waals surface area (Å²) in [5.41, 5.74) is 2.80. The molecule has 0 saturated carbocycles. The number of aromatic nitrogens is 2. The van der Waals surface area contributed by atoms with Crippen molar-refractivity contribution >= 4 is 22.8 Å². The Bertz CT molecular complexity index is 708. The second-order valence-corrected chi connectivity index (χ2v) is 5.33. The smallest absolute Gasteiger partial charge is 0.228 e. The molecule has 1 fully saturated rings. The predicted molar refractivity (Wildman–Crippen MR) is 79.7 cm³/mol. The van der Waals surface area contributed by atoms with Crippen LogP contribution in [0.15, 0.2) is 30.9 Å². The molecule has 0 radical (unpaired) electrons. The van der Waals surface area contributed by atoms with E-state index < -0.39 is 0 Å². The zero-order valence-electron chi connectivity index (χ0n) is 11.8. The van der Waals surface area contributed by atoms with Crippen LogP contribution in [0.25, 0.3) is 11.0 Å². The molecule has 102 valence electrons. The number of pyridine rings is 2. The first kappa shape index (κ1) is 12.8. The Balaban J connectivity index is 2.05. The monoisotopic (exact) mass is 267 g/mol. The highest BCUT2D eigenvalue weighted by Gasteiger charge is 2.29. The summed E-state index contributed by atoms with van der Waals surface area (Å²) in [5.74, 6) is 1.00. The third-order valence-corrected chi connectivity index (χ3v) is 3.76. The highest BCUT2D eigenvalue weighted by molar-refractivity contribution is 5.96. The van der Waals surface area contributed by atoms with Crippen LogP contribution in [-0.2, 0) is 4.79 Å². The van der Waals surface area contributed by atoms with E-state index in [-0.39, 0.29) is 11.8 Å². The Hall–Kier alpha value is -2.23. The SMILES string of the molecule is C=CC1CC(=O)N(c2ccc3c(C)cc(C)nc3n2)C1. The first-order valence-electron chi connectivity index (χ1n) is 6.76. The summed E-state index contributed by atoms with van der Waals surface area (Å²) in [6.45, 7) is 8.43. The van der Waals surface area contributed by atoms with E-state index in [0.29, 0.717) is 24.4 Å². The minimum absolute atomic E-state index is 0.103. The highest BCUT2D eigenvalue weighted by Crippen LogP contribution is 2.26. The first-order valence-corrected chi connectivity index (χ1v) is 6.76. The quantitative estimate of drug-likeness (QED) is 0.786. The number of fused-ring (bicyclic) bond motifs is 1. The van der Waals surface area contributed by atoms with Crippen molar-refractivity contribution in [2.45, 2.75) is 20.3 Å². The van der Waals surface area contributed by atoms with Crippen molar-refractivity contribution in [1.82, 2.24) is 9.97 Å². The fraction of sp³-hybridized carbons (Fsp3) is 0.312. The largest absolute Gasteiger partial charge is 0.296 e. The minimum atomic E-state index is 0.103. The summed E-state index contributed by atoms with van der Waals surface area (Å²) in [6, 6.07) is 5.93. The molecule has 2 aromatic rings. The molecule has 1 atom stereocenters. The van der Waals surface area contributed by atoms with Crippen molar-refractivity contribution in [3.63, 3.8) is 0 Å². The summed E-state index contributed by atoms with van der Waals surface area (Å²) in [4.78, 5) is 22.8. The first-order chi connectivity index (χ1) is 9.58. The van der Waals surface area contributed by atoms with Crippen LogP contribution >= 0.6 is 0 Å². The molecule has 4 heteroatoms. The van der Waals surface area contributed by atoms with Gasteiger partial charge in [-0.15, -0.1) is 6.58 Å². The van der Waals surface area contributed by atoms with Gasteiger partial charge in [0.25, 0.3) is 0 Å². The van der Waals surface area contributed by atoms with Gasteiger partial charge in [0.15, 0.2) is 5.65 Å². The summed E-state index contributed by atoms with van der Waals surface area (Å²) >= 11 is 0. The van der Waals surface area contributed by atoms with Crippen LogP contribution in [0.4, 0.5) is 5.82 Å². The van der Waals surface area contributed by atoms with Crippen LogP contribution < -0.4 is 4.90 Å². The van der Waals surface area contributed by atoms with Gasteiger partial charge >= 0.3 is 0 Å². The summed E-state index contributed by atoms with van der Waals surface area (Å²) in [6.07, 6.45) is 2.36. The lowest BCUT2D eigenvalue weighted by atomic mass is 10.1. The van der Waals surface area contributed by atoms with Crippen molar-refractivity contribution in [2.24, 2.45) is 5.92 Å². The van der Waals surface area contributed by atoms with Gasteiger partial charge in [-0.25, -0.2) is 9.97 Å². The maximum Gasteiger partial charge on any atom is 0.228 e. The van der Waals surface area contributed by atoms with Crippen LogP contribution in [0.1, 0.15) is 17.7 Å². The molecule has 0 aromatic carbocycles. The zero-order valence-corrected chi connectivity index (χ0v) is 11.8. The molecule has 1 aliphatic rings. The number of hydrogen-bond donors (Lipinski definition) is 0. The van der Waals surface area contributed by atoms with E-state index in [9.17, 15) is 4.79 Å². The van der Waals surface area contributed by atoms with Crippen LogP contribution in [0.2, 0.25) is 0 Å². The number of carbonyl (C=O) groups is 1. The number of carbonyl (C=O) groups excluding carboxylic acids is 1. The minimum Gasteiger partial charge on any atom is -0.296 e. The number of nitrogens with zero attached hydrogens (tertiary/aromatic N) is 3. The lowest BCUT2D eigenvalue weighted by molar-refractivity contribution is -0.117. The fourth-order valence-electron chi connectivity index (χ4n) is 2.69. The van der Waals surface area contributed by atoms with Crippen molar-refractivity contribution < 1.29 is 4.79 Å². The predicted octanol–water partition coefficient (Wildman–Crippen LogP) is 2.79. The molecule has 0 aliphatic carbocycles. The molecule has 3 rings (SSSR count). The molecule has 20 heavy (non-hydrogen) atoms. The maximum atomic E-state index is 12.0. The number of aryl methyl sites for hydroxylation is 2. The Morgan fingerprint density at radius 3 is 2.85 bits per heavy atom. The van der Waals surface area contributed by atoms with Crippen LogP contribution in [0.3, 0.4) is 0 Å². The van der Waals surface area contributed by atoms with E-state index in [1.54, 1.807) is 4.90 Å². The van der Waals surface area contributed by atoms with Gasteiger partial charge in [-0.3, -0.25) is 9.69 Å². The second-order valence-electron chi connectivity index (χ2n) is 5.33. The summed E-state index contributed by atoms with van der Waals surface area (Å²) < 4.78 is 0. The molecule has 0 spiro atoms. The standard InChI is InChI=1S/C16H17N3O/c1-4-12-8-15(20)19(9-12)14-6-5-13-10(2)7-11(3)17-16(13)18-14/h4-7,12H,1,8-9H2,2-3H3. The molecule has 3 heterocycles. The second kappa shape index (κ2) is 4.71. The van der Waals surface area contributed by atoms with Gasteiger partial charge in [-0.2, -0.15) is 0 Å². The molecule has 4 nitrogen and oxygen atoms in total. The lowest BCUT2D eigenvalue weighted by Crippen LogP contribution is -2.25. The molecular formula is C16H17N3O. The Morgan fingerprint density at radius 2 is 2.15 bits per heavy atom. The van der Waals surface area contributed by atoms with Gasteiger partial charge in [0.1, 0.15) is 5.82 Å². The van der Waals surface area contributed by atoms with Crippen molar-refractivity contribution in [3.05, 3.63) is 42.1 Å². The molecule has 2 aromatic heterocycles. The van der Waals surface area contributed by atoms with E-state index in [4.69, 9.17) is 0 Å². The van der Waals surface area contributed by atoms with Gasteiger partial charge in [0.2, 0.25) is 5.91 Å². The third kappa shape index (κ3) is 2.07. The summed E-state index contributed by atoms with van der Waals surface area (Å²) in [7, 11) is 0. The Morgan fingerprint density at radius 1 is 1.35 bits per heavy atom. The average molecular weight is 267 g/mol. The van der Waals surface area contributed by atoms with E-state index in [0.717, 1.165) is 16.6 Å². The van der Waals surface area contributed by atoms with E-state index in [1.165, 1.54) is 0 Å². The third-order valence-electron chi connectivity index (χ3n) is 3.76. The van der Waals surface area contributed by atoms with Crippen molar-refractivity contribution in [2.75, 3.05) is 11.4 Å². The molecule has 1 amide bonds. The van der Waals surface area contributed by atoms with Gasteiger partial charge in [0.05, 0.1) is 0 Å². The van der Waals surface area contributed by atoms with Gasteiger partial charge in [-0.05, 0) is 37.6 Å². The number of amides is 1. The number of rotatable bonds is 2. The molecule has 0 bridgehead atoms. The van der Waals surface area contributed by atoms with Crippen LogP contribution in [0, 0.1) is 19.8 Å². The van der Waals surface area contributed by atoms with Crippen LogP contribution in [-0.4, -0.2) is 22.4 Å². The van der Waals surface area contributed by atoms with Gasteiger partial charge < -0.3 is 0 Å². The molecule has 0 N–H and O–H groups in total. The topological polar surface area (TPSA) is 46.1 Å². The van der Waals surface area contributed by atoms with Crippen molar-refractivity contribution in [1.29, 1.82) is 0 Å². The molecule has 1 saturated heterocycles. The maximum absolute atomic E-state index is 12.0. The molecule has 1 aliphatic heterocycles. The molecular weight excluding hydrogens is 250 g/mol. The fourth-order valence-corrected chi connectivity index (χ4v) is 2.69. The van der Waals surface area contributed by atoms with E-state index >= 15 is 0 Å². The zero-order chi connectivity index (χ0) is 14.3. The normalized spacial score (nSPS) is 18.8. The lowest BCUT2D eigenvalue weighted by Gasteiger charge is -2.15.